The van der Waals surface area contributed by atoms with Crippen molar-refractivity contribution in [1.29, 1.82) is 0 Å². The number of carbonyl (C=O) groups is 2. The van der Waals surface area contributed by atoms with E-state index in [-0.39, 0.29) is 45.7 Å². The number of aliphatic carboxylic acids is 1. The number of allylic oxidation sites excluding steroid dienone is 3. The lowest BCUT2D eigenvalue weighted by atomic mass is 9.32. The molecule has 0 bridgehead atoms. The van der Waals surface area contributed by atoms with E-state index in [4.69, 9.17) is 0 Å². The van der Waals surface area contributed by atoms with Crippen LogP contribution in [0, 0.1) is 56.7 Å². The lowest BCUT2D eigenvalue weighted by Crippen LogP contribution is -2.66. The number of phenols is 1. The second-order valence-corrected chi connectivity index (χ2v) is 16.8. The molecule has 1 aromatic carbocycles. The van der Waals surface area contributed by atoms with Gasteiger partial charge in [0.15, 0.2) is 5.78 Å². The standard InChI is InChI=1S/C39H54O5/c1-24-15-20-38(34(43)44)21-22-39(23-28(41)12-9-26-7-10-27(40)11-8-26)29(33(38)25(24)2)13-14-31-36(5)18-17-32(42)35(3,4)30(36)16-19-37(31,39)6/h7-13,24-25,30-33,40,42H,14-23H2,1-6H3,(H,43,44)/t24-,25+,30+,31-,32+,33+,36+,37-,38+,39+/m1/s1. The number of aliphatic hydroxyl groups is 1. The van der Waals surface area contributed by atoms with Gasteiger partial charge in [0.05, 0.1) is 11.5 Å². The van der Waals surface area contributed by atoms with Gasteiger partial charge >= 0.3 is 5.97 Å². The van der Waals surface area contributed by atoms with Crippen LogP contribution in [0.5, 0.6) is 5.75 Å². The van der Waals surface area contributed by atoms with Crippen molar-refractivity contribution in [2.75, 3.05) is 0 Å². The molecule has 5 aliphatic carbocycles. The summed E-state index contributed by atoms with van der Waals surface area (Å²) in [5.74, 6) is 1.04. The molecule has 0 aliphatic heterocycles. The fourth-order valence-electron chi connectivity index (χ4n) is 12.2. The van der Waals surface area contributed by atoms with E-state index >= 15 is 0 Å². The Morgan fingerprint density at radius 2 is 1.61 bits per heavy atom. The highest BCUT2D eigenvalue weighted by Crippen LogP contribution is 2.76. The first kappa shape index (κ1) is 31.6. The van der Waals surface area contributed by atoms with Gasteiger partial charge in [0.25, 0.3) is 0 Å². The minimum atomic E-state index is -0.757. The fourth-order valence-corrected chi connectivity index (χ4v) is 12.2. The number of carboxylic acids is 1. The van der Waals surface area contributed by atoms with Gasteiger partial charge in [0, 0.05) is 11.8 Å². The number of fused-ring (bicyclic) bond motifs is 7. The molecular formula is C39H54O5. The first-order valence-corrected chi connectivity index (χ1v) is 17.2. The number of hydrogen-bond acceptors (Lipinski definition) is 4. The molecule has 5 heteroatoms. The minimum Gasteiger partial charge on any atom is -0.508 e. The van der Waals surface area contributed by atoms with E-state index in [1.807, 2.05) is 18.2 Å². The SMILES string of the molecule is C[C@H]1[C@H](C)CC[C@]2(C(=O)O)CC[C@]3(CC(=O)C=Cc4ccc(O)cc4)C(=CC[C@@H]4[C@@]5(C)CC[C@H](O)C(C)(C)[C@@H]5CC[C@]43C)[C@H]12. The highest BCUT2D eigenvalue weighted by molar-refractivity contribution is 5.94. The molecule has 0 radical (unpaired) electrons. The third-order valence-electron chi connectivity index (χ3n) is 14.9. The van der Waals surface area contributed by atoms with E-state index in [0.717, 1.165) is 50.5 Å². The maximum Gasteiger partial charge on any atom is 0.310 e. The molecule has 0 heterocycles. The maximum absolute atomic E-state index is 14.1. The van der Waals surface area contributed by atoms with E-state index in [2.05, 4.69) is 47.6 Å². The fraction of sp³-hybridized carbons (Fsp3) is 0.692. The summed E-state index contributed by atoms with van der Waals surface area (Å²) < 4.78 is 0. The van der Waals surface area contributed by atoms with Crippen LogP contribution in [0.25, 0.3) is 6.08 Å². The Balaban J connectivity index is 1.47. The maximum atomic E-state index is 14.1. The summed E-state index contributed by atoms with van der Waals surface area (Å²) in [6, 6.07) is 6.90. The van der Waals surface area contributed by atoms with Crippen LogP contribution in [0.4, 0.5) is 0 Å². The van der Waals surface area contributed by atoms with Gasteiger partial charge in [-0.1, -0.05) is 71.4 Å². The van der Waals surface area contributed by atoms with E-state index in [0.29, 0.717) is 37.0 Å². The van der Waals surface area contributed by atoms with Crippen LogP contribution < -0.4 is 0 Å². The second kappa shape index (κ2) is 10.6. The van der Waals surface area contributed by atoms with E-state index in [9.17, 15) is 24.9 Å². The number of phenolic OH excluding ortho intramolecular Hbond substituents is 1. The van der Waals surface area contributed by atoms with Crippen LogP contribution in [0.3, 0.4) is 0 Å². The van der Waals surface area contributed by atoms with Crippen LogP contribution in [0.2, 0.25) is 0 Å². The quantitative estimate of drug-likeness (QED) is 0.232. The van der Waals surface area contributed by atoms with Crippen molar-refractivity contribution in [1.82, 2.24) is 0 Å². The Kier molecular flexibility index (Phi) is 7.59. The molecule has 1 aromatic rings. The van der Waals surface area contributed by atoms with Crippen molar-refractivity contribution < 1.29 is 24.9 Å². The van der Waals surface area contributed by atoms with Crippen molar-refractivity contribution in [3.05, 3.63) is 47.6 Å². The molecule has 4 saturated carbocycles. The monoisotopic (exact) mass is 602 g/mol. The van der Waals surface area contributed by atoms with E-state index in [1.54, 1.807) is 18.2 Å². The van der Waals surface area contributed by atoms with Gasteiger partial charge in [0.1, 0.15) is 5.75 Å². The van der Waals surface area contributed by atoms with Crippen molar-refractivity contribution in [3.8, 4) is 5.75 Å². The summed E-state index contributed by atoms with van der Waals surface area (Å²) >= 11 is 0. The molecule has 5 nitrogen and oxygen atoms in total. The normalized spacial score (nSPS) is 44.5. The molecule has 5 aliphatic rings. The summed E-state index contributed by atoms with van der Waals surface area (Å²) in [6.45, 7) is 14.0. The number of hydrogen-bond donors (Lipinski definition) is 3. The highest BCUT2D eigenvalue weighted by atomic mass is 16.4. The number of benzene rings is 1. The number of rotatable bonds is 5. The van der Waals surface area contributed by atoms with Gasteiger partial charge in [-0.3, -0.25) is 9.59 Å². The first-order valence-electron chi connectivity index (χ1n) is 17.2. The van der Waals surface area contributed by atoms with E-state index < -0.39 is 16.8 Å². The van der Waals surface area contributed by atoms with Gasteiger partial charge in [-0.15, -0.1) is 0 Å². The van der Waals surface area contributed by atoms with Crippen molar-refractivity contribution >= 4 is 17.8 Å². The molecule has 10 atom stereocenters. The van der Waals surface area contributed by atoms with Crippen molar-refractivity contribution in [3.63, 3.8) is 0 Å². The van der Waals surface area contributed by atoms with Crippen molar-refractivity contribution in [2.24, 2.45) is 56.7 Å². The summed E-state index contributed by atoms with van der Waals surface area (Å²) in [4.78, 5) is 27.3. The Hall–Kier alpha value is -2.40. The molecule has 0 spiro atoms. The second-order valence-electron chi connectivity index (χ2n) is 16.8. The zero-order valence-electron chi connectivity index (χ0n) is 27.7. The molecule has 0 unspecified atom stereocenters. The predicted octanol–water partition coefficient (Wildman–Crippen LogP) is 8.45. The molecule has 240 valence electrons. The lowest BCUT2D eigenvalue weighted by Gasteiger charge is -2.71. The average molecular weight is 603 g/mol. The van der Waals surface area contributed by atoms with Gasteiger partial charge in [-0.25, -0.2) is 0 Å². The van der Waals surface area contributed by atoms with Crippen LogP contribution in [0.1, 0.15) is 111 Å². The molecular weight excluding hydrogens is 548 g/mol. The molecule has 0 amide bonds. The van der Waals surface area contributed by atoms with Crippen LogP contribution >= 0.6 is 0 Å². The van der Waals surface area contributed by atoms with Crippen molar-refractivity contribution in [2.45, 2.75) is 112 Å². The Bertz CT molecular complexity index is 1370. The third-order valence-corrected chi connectivity index (χ3v) is 14.9. The summed E-state index contributed by atoms with van der Waals surface area (Å²) in [6.07, 6.45) is 13.9. The van der Waals surface area contributed by atoms with Crippen LogP contribution in [-0.2, 0) is 9.59 Å². The number of carbonyl (C=O) groups excluding carboxylic acids is 1. The number of carboxylic acid groups (broad SMARTS) is 1. The van der Waals surface area contributed by atoms with Crippen LogP contribution in [-0.4, -0.2) is 33.2 Å². The smallest absolute Gasteiger partial charge is 0.310 e. The van der Waals surface area contributed by atoms with Gasteiger partial charge in [-0.2, -0.15) is 0 Å². The first-order chi connectivity index (χ1) is 20.6. The molecule has 0 aromatic heterocycles. The Labute approximate surface area is 264 Å². The zero-order valence-corrected chi connectivity index (χ0v) is 27.7. The largest absolute Gasteiger partial charge is 0.508 e. The molecule has 44 heavy (non-hydrogen) atoms. The zero-order chi connectivity index (χ0) is 31.9. The lowest BCUT2D eigenvalue weighted by molar-refractivity contribution is -0.210. The number of ketones is 1. The summed E-state index contributed by atoms with van der Waals surface area (Å²) in [5, 5.41) is 31.7. The van der Waals surface area contributed by atoms with Crippen LogP contribution in [0.15, 0.2) is 42.0 Å². The summed E-state index contributed by atoms with van der Waals surface area (Å²) in [5.41, 5.74) is 0.745. The average Bonchev–Trinajstić information content (AvgIpc) is 2.97. The number of aliphatic hydroxyl groups excluding tert-OH is 1. The van der Waals surface area contributed by atoms with Gasteiger partial charge in [-0.05, 0) is 127 Å². The minimum absolute atomic E-state index is 0.0441. The number of aromatic hydroxyl groups is 1. The topological polar surface area (TPSA) is 94.8 Å². The van der Waals surface area contributed by atoms with E-state index in [1.165, 1.54) is 5.57 Å². The predicted molar refractivity (Wildman–Crippen MR) is 174 cm³/mol. The molecule has 0 saturated heterocycles. The van der Waals surface area contributed by atoms with Gasteiger partial charge in [0.2, 0.25) is 0 Å². The summed E-state index contributed by atoms with van der Waals surface area (Å²) in [7, 11) is 0. The van der Waals surface area contributed by atoms with Gasteiger partial charge < -0.3 is 15.3 Å². The highest BCUT2D eigenvalue weighted by Gasteiger charge is 2.70. The Morgan fingerprint density at radius 1 is 0.909 bits per heavy atom. The molecule has 6 rings (SSSR count). The molecule has 4 fully saturated rings. The Morgan fingerprint density at radius 3 is 2.30 bits per heavy atom. The molecule has 3 N–H and O–H groups in total. The third kappa shape index (κ3) is 4.34.